The molecule has 0 radical (unpaired) electrons. The molecule has 0 spiro atoms. The molecule has 1 aliphatic carbocycles. The van der Waals surface area contributed by atoms with Gasteiger partial charge in [0.1, 0.15) is 5.78 Å². The monoisotopic (exact) mass is 232 g/mol. The molecule has 0 amide bonds. The SMILES string of the molecule is CC1C(=O)CCC1CCS(=O)(=O)C(C)C. The van der Waals surface area contributed by atoms with Crippen molar-refractivity contribution in [3.63, 3.8) is 0 Å². The van der Waals surface area contributed by atoms with Crippen molar-refractivity contribution >= 4 is 15.6 Å². The third kappa shape index (κ3) is 3.03. The first-order valence-corrected chi connectivity index (χ1v) is 7.30. The normalized spacial score (nSPS) is 27.6. The van der Waals surface area contributed by atoms with Crippen molar-refractivity contribution < 1.29 is 13.2 Å². The van der Waals surface area contributed by atoms with Crippen LogP contribution in [-0.2, 0) is 14.6 Å². The smallest absolute Gasteiger partial charge is 0.152 e. The number of sulfone groups is 1. The van der Waals surface area contributed by atoms with Crippen molar-refractivity contribution in [2.45, 2.75) is 45.3 Å². The Morgan fingerprint density at radius 1 is 1.40 bits per heavy atom. The van der Waals surface area contributed by atoms with E-state index in [1.807, 2.05) is 6.92 Å². The van der Waals surface area contributed by atoms with Gasteiger partial charge in [0.2, 0.25) is 0 Å². The first-order chi connectivity index (χ1) is 6.84. The summed E-state index contributed by atoms with van der Waals surface area (Å²) in [5, 5.41) is -0.301. The Balaban J connectivity index is 2.48. The Kier molecular flexibility index (Phi) is 3.93. The zero-order valence-corrected chi connectivity index (χ0v) is 10.5. The highest BCUT2D eigenvalue weighted by Gasteiger charge is 2.31. The largest absolute Gasteiger partial charge is 0.299 e. The van der Waals surface area contributed by atoms with Crippen LogP contribution >= 0.6 is 0 Å². The summed E-state index contributed by atoms with van der Waals surface area (Å²) >= 11 is 0. The molecule has 1 aliphatic rings. The molecule has 0 bridgehead atoms. The lowest BCUT2D eigenvalue weighted by Gasteiger charge is -2.14. The van der Waals surface area contributed by atoms with Crippen LogP contribution in [0, 0.1) is 11.8 Å². The standard InChI is InChI=1S/C11H20O3S/c1-8(2)15(13,14)7-6-10-4-5-11(12)9(10)3/h8-10H,4-7H2,1-3H3. The summed E-state index contributed by atoms with van der Waals surface area (Å²) < 4.78 is 23.2. The summed E-state index contributed by atoms with van der Waals surface area (Å²) in [6.07, 6.45) is 2.15. The fourth-order valence-corrected chi connectivity index (χ4v) is 3.12. The molecule has 0 N–H and O–H groups in total. The van der Waals surface area contributed by atoms with Crippen LogP contribution in [0.4, 0.5) is 0 Å². The van der Waals surface area contributed by atoms with Crippen LogP contribution in [0.5, 0.6) is 0 Å². The Hall–Kier alpha value is -0.380. The lowest BCUT2D eigenvalue weighted by molar-refractivity contribution is -0.120. The highest BCUT2D eigenvalue weighted by molar-refractivity contribution is 7.91. The van der Waals surface area contributed by atoms with Gasteiger partial charge in [-0.2, -0.15) is 0 Å². The maximum Gasteiger partial charge on any atom is 0.152 e. The van der Waals surface area contributed by atoms with E-state index in [1.54, 1.807) is 13.8 Å². The van der Waals surface area contributed by atoms with Crippen LogP contribution in [0.3, 0.4) is 0 Å². The van der Waals surface area contributed by atoms with Gasteiger partial charge in [-0.15, -0.1) is 0 Å². The number of carbonyl (C=O) groups is 1. The van der Waals surface area contributed by atoms with E-state index < -0.39 is 9.84 Å². The molecule has 0 saturated heterocycles. The van der Waals surface area contributed by atoms with Gasteiger partial charge in [-0.25, -0.2) is 8.42 Å². The molecule has 0 aromatic heterocycles. The van der Waals surface area contributed by atoms with Gasteiger partial charge in [-0.1, -0.05) is 6.92 Å². The van der Waals surface area contributed by atoms with Crippen LogP contribution in [0.15, 0.2) is 0 Å². The number of hydrogen-bond acceptors (Lipinski definition) is 3. The highest BCUT2D eigenvalue weighted by Crippen LogP contribution is 2.31. The lowest BCUT2D eigenvalue weighted by Crippen LogP contribution is -2.21. The Morgan fingerprint density at radius 2 is 2.00 bits per heavy atom. The molecule has 0 aromatic carbocycles. The molecule has 0 aliphatic heterocycles. The second kappa shape index (κ2) is 4.64. The number of rotatable bonds is 4. The molecule has 3 nitrogen and oxygen atoms in total. The molecule has 2 atom stereocenters. The summed E-state index contributed by atoms with van der Waals surface area (Å²) in [5.41, 5.74) is 0. The van der Waals surface area contributed by atoms with Gasteiger partial charge in [0.05, 0.1) is 11.0 Å². The maximum atomic E-state index is 11.6. The van der Waals surface area contributed by atoms with Crippen molar-refractivity contribution in [1.29, 1.82) is 0 Å². The molecule has 1 rings (SSSR count). The molecular weight excluding hydrogens is 212 g/mol. The van der Waals surface area contributed by atoms with Crippen LogP contribution in [0.2, 0.25) is 0 Å². The van der Waals surface area contributed by atoms with Gasteiger partial charge in [-0.05, 0) is 32.6 Å². The molecule has 0 heterocycles. The van der Waals surface area contributed by atoms with Crippen LogP contribution < -0.4 is 0 Å². The average Bonchev–Trinajstić information content (AvgIpc) is 2.45. The van der Waals surface area contributed by atoms with Gasteiger partial charge in [0.15, 0.2) is 9.84 Å². The number of hydrogen-bond donors (Lipinski definition) is 0. The minimum atomic E-state index is -2.94. The van der Waals surface area contributed by atoms with E-state index in [2.05, 4.69) is 0 Å². The Labute approximate surface area is 92.2 Å². The summed E-state index contributed by atoms with van der Waals surface area (Å²) in [6, 6.07) is 0. The second-order valence-electron chi connectivity index (χ2n) is 4.76. The first-order valence-electron chi connectivity index (χ1n) is 5.59. The average molecular weight is 232 g/mol. The predicted molar refractivity (Wildman–Crippen MR) is 60.4 cm³/mol. The number of Topliss-reactive ketones (excluding diaryl/α,β-unsaturated/α-hetero) is 1. The van der Waals surface area contributed by atoms with Crippen molar-refractivity contribution in [1.82, 2.24) is 0 Å². The fourth-order valence-electron chi connectivity index (χ4n) is 2.01. The topological polar surface area (TPSA) is 51.2 Å². The predicted octanol–water partition coefficient (Wildman–Crippen LogP) is 1.81. The van der Waals surface area contributed by atoms with E-state index in [1.165, 1.54) is 0 Å². The number of carbonyl (C=O) groups excluding carboxylic acids is 1. The Morgan fingerprint density at radius 3 is 2.40 bits per heavy atom. The maximum absolute atomic E-state index is 11.6. The van der Waals surface area contributed by atoms with Gasteiger partial charge in [0.25, 0.3) is 0 Å². The van der Waals surface area contributed by atoms with E-state index in [9.17, 15) is 13.2 Å². The molecule has 0 aromatic rings. The lowest BCUT2D eigenvalue weighted by atomic mass is 9.95. The van der Waals surface area contributed by atoms with E-state index >= 15 is 0 Å². The summed E-state index contributed by atoms with van der Waals surface area (Å²) in [6.45, 7) is 5.33. The van der Waals surface area contributed by atoms with E-state index in [4.69, 9.17) is 0 Å². The minimum absolute atomic E-state index is 0.0624. The van der Waals surface area contributed by atoms with Gasteiger partial charge in [0, 0.05) is 12.3 Å². The van der Waals surface area contributed by atoms with E-state index in [0.717, 1.165) is 6.42 Å². The molecule has 1 saturated carbocycles. The highest BCUT2D eigenvalue weighted by atomic mass is 32.2. The van der Waals surface area contributed by atoms with Gasteiger partial charge in [-0.3, -0.25) is 4.79 Å². The third-order valence-corrected chi connectivity index (χ3v) is 5.71. The minimum Gasteiger partial charge on any atom is -0.299 e. The molecular formula is C11H20O3S. The summed E-state index contributed by atoms with van der Waals surface area (Å²) in [7, 11) is -2.94. The van der Waals surface area contributed by atoms with Crippen LogP contribution in [0.1, 0.15) is 40.0 Å². The Bertz CT molecular complexity index is 330. The molecule has 1 fully saturated rings. The van der Waals surface area contributed by atoms with Gasteiger partial charge < -0.3 is 0 Å². The first kappa shape index (κ1) is 12.7. The quantitative estimate of drug-likeness (QED) is 0.743. The van der Waals surface area contributed by atoms with Crippen LogP contribution in [0.25, 0.3) is 0 Å². The molecule has 88 valence electrons. The van der Waals surface area contributed by atoms with Crippen molar-refractivity contribution in [2.75, 3.05) is 5.75 Å². The van der Waals surface area contributed by atoms with Crippen molar-refractivity contribution in [2.24, 2.45) is 11.8 Å². The third-order valence-electron chi connectivity index (χ3n) is 3.47. The zero-order chi connectivity index (χ0) is 11.6. The molecule has 15 heavy (non-hydrogen) atoms. The van der Waals surface area contributed by atoms with E-state index in [0.29, 0.717) is 18.6 Å². The van der Waals surface area contributed by atoms with Crippen molar-refractivity contribution in [3.05, 3.63) is 0 Å². The number of ketones is 1. The summed E-state index contributed by atoms with van der Waals surface area (Å²) in [4.78, 5) is 11.3. The second-order valence-corrected chi connectivity index (χ2v) is 7.43. The van der Waals surface area contributed by atoms with Crippen LogP contribution in [-0.4, -0.2) is 25.2 Å². The molecule has 2 unspecified atom stereocenters. The van der Waals surface area contributed by atoms with Crippen molar-refractivity contribution in [3.8, 4) is 0 Å². The molecule has 4 heteroatoms. The summed E-state index contributed by atoms with van der Waals surface area (Å²) in [5.74, 6) is 0.868. The fraction of sp³-hybridized carbons (Fsp3) is 0.909. The van der Waals surface area contributed by atoms with Gasteiger partial charge >= 0.3 is 0 Å². The zero-order valence-electron chi connectivity index (χ0n) is 9.69. The van der Waals surface area contributed by atoms with E-state index in [-0.39, 0.29) is 22.8 Å².